The van der Waals surface area contributed by atoms with Gasteiger partial charge in [0.15, 0.2) is 0 Å². The van der Waals surface area contributed by atoms with Gasteiger partial charge in [0.05, 0.1) is 19.1 Å². The van der Waals surface area contributed by atoms with E-state index in [1.807, 2.05) is 31.2 Å². The molecule has 1 unspecified atom stereocenters. The lowest BCUT2D eigenvalue weighted by molar-refractivity contribution is -0.139. The standard InChI is InChI=1S/C22H29N3O5S/c1-16-8-6-9-18(12-16)14-24(17(2)22(27)23-3)21(26)15-25(31(5,28)29)19-10-7-11-20(13-19)30-4/h6-13,17H,14-15H2,1-5H3,(H,23,27). The van der Waals surface area contributed by atoms with Gasteiger partial charge in [-0.25, -0.2) is 8.42 Å². The minimum absolute atomic E-state index is 0.171. The summed E-state index contributed by atoms with van der Waals surface area (Å²) in [5.74, 6) is -0.368. The van der Waals surface area contributed by atoms with Gasteiger partial charge < -0.3 is 15.0 Å². The maximum Gasteiger partial charge on any atom is 0.244 e. The average molecular weight is 448 g/mol. The highest BCUT2D eigenvalue weighted by atomic mass is 32.2. The molecule has 2 aromatic carbocycles. The number of aryl methyl sites for hydroxylation is 1. The van der Waals surface area contributed by atoms with E-state index >= 15 is 0 Å². The van der Waals surface area contributed by atoms with Crippen LogP contribution >= 0.6 is 0 Å². The molecule has 2 amide bonds. The summed E-state index contributed by atoms with van der Waals surface area (Å²) in [4.78, 5) is 27.0. The lowest BCUT2D eigenvalue weighted by Crippen LogP contribution is -2.50. The number of likely N-dealkylation sites (N-methyl/N-ethyl adjacent to an activating group) is 1. The number of nitrogens with zero attached hydrogens (tertiary/aromatic N) is 2. The Morgan fingerprint density at radius 1 is 1.13 bits per heavy atom. The molecular formula is C22H29N3O5S. The minimum Gasteiger partial charge on any atom is -0.497 e. The number of hydrogen-bond donors (Lipinski definition) is 1. The van der Waals surface area contributed by atoms with E-state index in [0.717, 1.165) is 21.7 Å². The number of methoxy groups -OCH3 is 1. The first-order valence-electron chi connectivity index (χ1n) is 9.75. The fourth-order valence-electron chi connectivity index (χ4n) is 3.18. The second-order valence-electron chi connectivity index (χ2n) is 7.27. The molecule has 0 bridgehead atoms. The molecule has 0 spiro atoms. The lowest BCUT2D eigenvalue weighted by Gasteiger charge is -2.31. The van der Waals surface area contributed by atoms with Gasteiger partial charge in [-0.15, -0.1) is 0 Å². The van der Waals surface area contributed by atoms with E-state index in [1.165, 1.54) is 19.1 Å². The van der Waals surface area contributed by atoms with Gasteiger partial charge in [0, 0.05) is 19.7 Å². The van der Waals surface area contributed by atoms with Crippen LogP contribution in [0.25, 0.3) is 0 Å². The van der Waals surface area contributed by atoms with Gasteiger partial charge in [-0.1, -0.05) is 35.9 Å². The van der Waals surface area contributed by atoms with Gasteiger partial charge in [0.25, 0.3) is 0 Å². The largest absolute Gasteiger partial charge is 0.497 e. The van der Waals surface area contributed by atoms with Crippen LogP contribution in [0.15, 0.2) is 48.5 Å². The fourth-order valence-corrected chi connectivity index (χ4v) is 4.02. The predicted molar refractivity (Wildman–Crippen MR) is 120 cm³/mol. The zero-order valence-electron chi connectivity index (χ0n) is 18.5. The number of sulfonamides is 1. The SMILES string of the molecule is CNC(=O)C(C)N(Cc1cccc(C)c1)C(=O)CN(c1cccc(OC)c1)S(C)(=O)=O. The number of hydrogen-bond acceptors (Lipinski definition) is 5. The Kier molecular flexibility index (Phi) is 8.04. The highest BCUT2D eigenvalue weighted by molar-refractivity contribution is 7.92. The van der Waals surface area contributed by atoms with Crippen molar-refractivity contribution in [2.24, 2.45) is 0 Å². The van der Waals surface area contributed by atoms with Crippen molar-refractivity contribution in [3.63, 3.8) is 0 Å². The van der Waals surface area contributed by atoms with E-state index in [2.05, 4.69) is 5.32 Å². The smallest absolute Gasteiger partial charge is 0.244 e. The molecule has 0 saturated carbocycles. The Morgan fingerprint density at radius 2 is 1.81 bits per heavy atom. The molecule has 9 heteroatoms. The molecule has 0 aliphatic heterocycles. The minimum atomic E-state index is -3.77. The van der Waals surface area contributed by atoms with Crippen molar-refractivity contribution in [1.82, 2.24) is 10.2 Å². The molecule has 168 valence electrons. The molecule has 0 aliphatic carbocycles. The van der Waals surface area contributed by atoms with Crippen molar-refractivity contribution >= 4 is 27.5 Å². The fraction of sp³-hybridized carbons (Fsp3) is 0.364. The Morgan fingerprint density at radius 3 is 2.39 bits per heavy atom. The molecule has 1 atom stereocenters. The van der Waals surface area contributed by atoms with Gasteiger partial charge in [-0.3, -0.25) is 13.9 Å². The van der Waals surface area contributed by atoms with Crippen LogP contribution in [0.1, 0.15) is 18.1 Å². The maximum absolute atomic E-state index is 13.3. The highest BCUT2D eigenvalue weighted by Crippen LogP contribution is 2.23. The van der Waals surface area contributed by atoms with E-state index in [1.54, 1.807) is 31.2 Å². The van der Waals surface area contributed by atoms with Crippen molar-refractivity contribution in [1.29, 1.82) is 0 Å². The van der Waals surface area contributed by atoms with Gasteiger partial charge in [0.2, 0.25) is 21.8 Å². The summed E-state index contributed by atoms with van der Waals surface area (Å²) < 4.78 is 31.2. The van der Waals surface area contributed by atoms with Crippen LogP contribution < -0.4 is 14.4 Å². The molecule has 31 heavy (non-hydrogen) atoms. The van der Waals surface area contributed by atoms with Gasteiger partial charge in [0.1, 0.15) is 18.3 Å². The van der Waals surface area contributed by atoms with E-state index < -0.39 is 28.5 Å². The van der Waals surface area contributed by atoms with Crippen LogP contribution in [0.2, 0.25) is 0 Å². The summed E-state index contributed by atoms with van der Waals surface area (Å²) in [5, 5.41) is 2.55. The zero-order valence-corrected chi connectivity index (χ0v) is 19.3. The number of benzene rings is 2. The van der Waals surface area contributed by atoms with Crippen molar-refractivity contribution < 1.29 is 22.7 Å². The first-order chi connectivity index (χ1) is 14.6. The summed E-state index contributed by atoms with van der Waals surface area (Å²) >= 11 is 0. The molecule has 2 rings (SSSR count). The maximum atomic E-state index is 13.3. The van der Waals surface area contributed by atoms with E-state index in [4.69, 9.17) is 4.74 Å². The number of rotatable bonds is 9. The third kappa shape index (κ3) is 6.45. The molecule has 0 aromatic heterocycles. The predicted octanol–water partition coefficient (Wildman–Crippen LogP) is 1.93. The van der Waals surface area contributed by atoms with Crippen LogP contribution in [0, 0.1) is 6.92 Å². The normalized spacial score (nSPS) is 12.0. The summed E-state index contributed by atoms with van der Waals surface area (Å²) in [6, 6.07) is 13.3. The van der Waals surface area contributed by atoms with E-state index in [-0.39, 0.29) is 12.5 Å². The molecule has 1 N–H and O–H groups in total. The van der Waals surface area contributed by atoms with Crippen LogP contribution in [0.5, 0.6) is 5.75 Å². The topological polar surface area (TPSA) is 96.0 Å². The third-order valence-corrected chi connectivity index (χ3v) is 6.01. The molecular weight excluding hydrogens is 418 g/mol. The highest BCUT2D eigenvalue weighted by Gasteiger charge is 2.29. The Labute approximate surface area is 183 Å². The van der Waals surface area contributed by atoms with E-state index in [9.17, 15) is 18.0 Å². The van der Waals surface area contributed by atoms with Crippen LogP contribution in [0.3, 0.4) is 0 Å². The summed E-state index contributed by atoms with van der Waals surface area (Å²) in [6.07, 6.45) is 1.03. The van der Waals surface area contributed by atoms with Crippen molar-refractivity contribution in [2.75, 3.05) is 31.3 Å². The Hall–Kier alpha value is -3.07. The number of nitrogens with one attached hydrogen (secondary N) is 1. The number of carbonyl (C=O) groups excluding carboxylic acids is 2. The van der Waals surface area contributed by atoms with E-state index in [0.29, 0.717) is 11.4 Å². The van der Waals surface area contributed by atoms with Crippen molar-refractivity contribution in [2.45, 2.75) is 26.4 Å². The van der Waals surface area contributed by atoms with Crippen molar-refractivity contribution in [3.8, 4) is 5.75 Å². The lowest BCUT2D eigenvalue weighted by atomic mass is 10.1. The molecule has 0 aliphatic rings. The molecule has 0 fully saturated rings. The second kappa shape index (κ2) is 10.3. The zero-order chi connectivity index (χ0) is 23.2. The Balaban J connectivity index is 2.39. The number of ether oxygens (including phenoxy) is 1. The summed E-state index contributed by atoms with van der Waals surface area (Å²) in [6.45, 7) is 3.28. The quantitative estimate of drug-likeness (QED) is 0.634. The van der Waals surface area contributed by atoms with Crippen molar-refractivity contribution in [3.05, 3.63) is 59.7 Å². The van der Waals surface area contributed by atoms with Crippen LogP contribution in [-0.4, -0.2) is 58.1 Å². The summed E-state index contributed by atoms with van der Waals surface area (Å²) in [5.41, 5.74) is 2.17. The third-order valence-electron chi connectivity index (χ3n) is 4.87. The van der Waals surface area contributed by atoms with Gasteiger partial charge >= 0.3 is 0 Å². The second-order valence-corrected chi connectivity index (χ2v) is 9.18. The number of amides is 2. The number of carbonyl (C=O) groups is 2. The molecule has 0 radical (unpaired) electrons. The molecule has 8 nitrogen and oxygen atoms in total. The van der Waals surface area contributed by atoms with Gasteiger partial charge in [-0.2, -0.15) is 0 Å². The monoisotopic (exact) mass is 447 g/mol. The molecule has 0 heterocycles. The number of anilines is 1. The molecule has 0 saturated heterocycles. The van der Waals surface area contributed by atoms with Gasteiger partial charge in [-0.05, 0) is 31.5 Å². The first kappa shape index (κ1) is 24.2. The first-order valence-corrected chi connectivity index (χ1v) is 11.6. The Bertz CT molecular complexity index is 1040. The average Bonchev–Trinajstić information content (AvgIpc) is 2.73. The van der Waals surface area contributed by atoms with Crippen LogP contribution in [-0.2, 0) is 26.2 Å². The van der Waals surface area contributed by atoms with Crippen LogP contribution in [0.4, 0.5) is 5.69 Å². The summed E-state index contributed by atoms with van der Waals surface area (Å²) in [7, 11) is -0.804. The molecule has 2 aromatic rings.